The van der Waals surface area contributed by atoms with E-state index < -0.39 is 22.5 Å². The first kappa shape index (κ1) is 19.8. The molecule has 0 aromatic heterocycles. The molecule has 7 heteroatoms. The fraction of sp³-hybridized carbons (Fsp3) is 0.286. The van der Waals surface area contributed by atoms with Gasteiger partial charge in [0, 0.05) is 10.0 Å². The van der Waals surface area contributed by atoms with Gasteiger partial charge in [-0.25, -0.2) is 4.39 Å². The third kappa shape index (κ3) is 2.79. The number of amides is 1. The van der Waals surface area contributed by atoms with Crippen molar-refractivity contribution in [2.75, 3.05) is 0 Å². The highest BCUT2D eigenvalue weighted by Crippen LogP contribution is 2.39. The fourth-order valence-corrected chi connectivity index (χ4v) is 16.6. The van der Waals surface area contributed by atoms with Crippen LogP contribution in [0.5, 0.6) is 0 Å². The van der Waals surface area contributed by atoms with Crippen LogP contribution < -0.4 is 16.1 Å². The molecule has 28 heavy (non-hydrogen) atoms. The summed E-state index contributed by atoms with van der Waals surface area (Å²) < 4.78 is 22.2. The molecular formula is C21H23BrFNO2Si2. The first-order chi connectivity index (χ1) is 12.9. The Kier molecular flexibility index (Phi) is 4.39. The predicted molar refractivity (Wildman–Crippen MR) is 121 cm³/mol. The number of benzene rings is 2. The standard InChI is InChI=1S/C21H23BrFNO2Si2/c1-11-8-13-12(6-7-16(23)14(13)9-11)18-15(21(24)25)10-17-19(22)20(18)28(4,5)26-27(17,2)3/h6-8,10H,9H2,1-5H3,(H2,24,25). The van der Waals surface area contributed by atoms with Gasteiger partial charge < -0.3 is 9.85 Å². The zero-order valence-corrected chi connectivity index (χ0v) is 20.3. The van der Waals surface area contributed by atoms with E-state index in [4.69, 9.17) is 9.85 Å². The molecule has 0 spiro atoms. The van der Waals surface area contributed by atoms with Crippen LogP contribution in [-0.4, -0.2) is 22.5 Å². The molecule has 2 bridgehead atoms. The number of primary amides is 1. The van der Waals surface area contributed by atoms with Crippen molar-refractivity contribution < 1.29 is 13.3 Å². The molecule has 1 aliphatic heterocycles. The first-order valence-corrected chi connectivity index (χ1v) is 15.9. The van der Waals surface area contributed by atoms with Crippen LogP contribution in [0, 0.1) is 5.82 Å². The van der Waals surface area contributed by atoms with Crippen molar-refractivity contribution >= 4 is 54.9 Å². The van der Waals surface area contributed by atoms with Crippen molar-refractivity contribution in [2.24, 2.45) is 5.73 Å². The van der Waals surface area contributed by atoms with Gasteiger partial charge in [-0.2, -0.15) is 0 Å². The lowest BCUT2D eigenvalue weighted by Gasteiger charge is -2.43. The number of nitrogens with two attached hydrogens (primary N) is 1. The summed E-state index contributed by atoms with van der Waals surface area (Å²) in [4.78, 5) is 12.5. The topological polar surface area (TPSA) is 52.3 Å². The van der Waals surface area contributed by atoms with Gasteiger partial charge in [0.15, 0.2) is 0 Å². The number of allylic oxidation sites excluding steroid dienone is 1. The number of hydrogen-bond donors (Lipinski definition) is 1. The Bertz CT molecular complexity index is 1090. The van der Waals surface area contributed by atoms with Crippen LogP contribution in [0.2, 0.25) is 26.2 Å². The number of carbonyl (C=O) groups excluding carboxylic acids is 1. The smallest absolute Gasteiger partial charge is 0.249 e. The molecule has 0 radical (unpaired) electrons. The summed E-state index contributed by atoms with van der Waals surface area (Å²) in [7, 11) is -4.50. The van der Waals surface area contributed by atoms with Gasteiger partial charge in [0.25, 0.3) is 0 Å². The zero-order chi connectivity index (χ0) is 20.6. The third-order valence-corrected chi connectivity index (χ3v) is 14.7. The number of fused-ring (bicyclic) bond motifs is 3. The molecule has 146 valence electrons. The van der Waals surface area contributed by atoms with E-state index in [-0.39, 0.29) is 5.82 Å². The summed E-state index contributed by atoms with van der Waals surface area (Å²) in [5.74, 6) is -0.670. The Balaban J connectivity index is 2.16. The molecule has 1 heterocycles. The first-order valence-electron chi connectivity index (χ1n) is 9.30. The van der Waals surface area contributed by atoms with Crippen LogP contribution >= 0.6 is 15.9 Å². The van der Waals surface area contributed by atoms with Crippen molar-refractivity contribution in [3.63, 3.8) is 0 Å². The minimum absolute atomic E-state index is 0.210. The molecule has 0 saturated carbocycles. The van der Waals surface area contributed by atoms with Crippen molar-refractivity contribution in [3.8, 4) is 11.1 Å². The summed E-state index contributed by atoms with van der Waals surface area (Å²) in [6, 6.07) is 5.16. The lowest BCUT2D eigenvalue weighted by molar-refractivity contribution is 0.100. The van der Waals surface area contributed by atoms with E-state index in [1.807, 2.05) is 19.1 Å². The van der Waals surface area contributed by atoms with Crippen molar-refractivity contribution in [2.45, 2.75) is 39.5 Å². The Morgan fingerprint density at radius 1 is 1.21 bits per heavy atom. The maximum absolute atomic E-state index is 14.5. The second kappa shape index (κ2) is 6.22. The minimum Gasteiger partial charge on any atom is -0.449 e. The van der Waals surface area contributed by atoms with Crippen molar-refractivity contribution in [1.29, 1.82) is 0 Å². The van der Waals surface area contributed by atoms with Gasteiger partial charge in [0.2, 0.25) is 22.5 Å². The largest absolute Gasteiger partial charge is 0.449 e. The Hall–Kier alpha value is -1.55. The molecule has 0 saturated heterocycles. The van der Waals surface area contributed by atoms with E-state index in [1.165, 1.54) is 6.07 Å². The van der Waals surface area contributed by atoms with E-state index in [1.54, 1.807) is 6.07 Å². The molecule has 1 aliphatic carbocycles. The minimum atomic E-state index is -2.33. The van der Waals surface area contributed by atoms with Crippen LogP contribution in [-0.2, 0) is 10.5 Å². The highest BCUT2D eigenvalue weighted by Gasteiger charge is 2.47. The Labute approximate surface area is 175 Å². The molecule has 2 aromatic rings. The molecule has 4 rings (SSSR count). The van der Waals surface area contributed by atoms with Crippen LogP contribution in [0.3, 0.4) is 0 Å². The van der Waals surface area contributed by atoms with Gasteiger partial charge in [0.05, 0.1) is 0 Å². The molecule has 2 N–H and O–H groups in total. The Morgan fingerprint density at radius 2 is 1.89 bits per heavy atom. The van der Waals surface area contributed by atoms with E-state index in [9.17, 15) is 9.18 Å². The SMILES string of the molecule is CC1=Cc2c(-c3c(C(N)=O)cc4c(Br)c3[Si](C)(C)O[Si]4(C)C)ccc(F)c2C1. The second-order valence-electron chi connectivity index (χ2n) is 8.68. The lowest BCUT2D eigenvalue weighted by atomic mass is 9.93. The maximum Gasteiger partial charge on any atom is 0.249 e. The average molecular weight is 476 g/mol. The second-order valence-corrected chi connectivity index (χ2v) is 17.4. The summed E-state index contributed by atoms with van der Waals surface area (Å²) in [5, 5.41) is 2.09. The molecule has 2 aliphatic rings. The fourth-order valence-electron chi connectivity index (χ4n) is 4.66. The molecular weight excluding hydrogens is 453 g/mol. The molecule has 1 amide bonds. The number of rotatable bonds is 2. The van der Waals surface area contributed by atoms with Gasteiger partial charge in [0.1, 0.15) is 5.82 Å². The number of halogens is 2. The van der Waals surface area contributed by atoms with Crippen molar-refractivity contribution in [3.05, 3.63) is 50.8 Å². The lowest BCUT2D eigenvalue weighted by Crippen LogP contribution is -2.65. The van der Waals surface area contributed by atoms with E-state index in [0.29, 0.717) is 17.5 Å². The Morgan fingerprint density at radius 3 is 2.54 bits per heavy atom. The van der Waals surface area contributed by atoms with E-state index in [0.717, 1.165) is 37.1 Å². The van der Waals surface area contributed by atoms with Gasteiger partial charge >= 0.3 is 0 Å². The maximum atomic E-state index is 14.5. The van der Waals surface area contributed by atoms with Gasteiger partial charge in [-0.3, -0.25) is 4.79 Å². The predicted octanol–water partition coefficient (Wildman–Crippen LogP) is 4.17. The van der Waals surface area contributed by atoms with E-state index in [2.05, 4.69) is 42.1 Å². The molecule has 3 nitrogen and oxygen atoms in total. The molecule has 0 unspecified atom stereocenters. The third-order valence-electron chi connectivity index (χ3n) is 5.71. The summed E-state index contributed by atoms with van der Waals surface area (Å²) in [5.41, 5.74) is 10.6. The van der Waals surface area contributed by atoms with Crippen LogP contribution in [0.15, 0.2) is 28.2 Å². The van der Waals surface area contributed by atoms with Gasteiger partial charge in [-0.1, -0.05) is 33.6 Å². The highest BCUT2D eigenvalue weighted by atomic mass is 79.9. The van der Waals surface area contributed by atoms with E-state index >= 15 is 0 Å². The van der Waals surface area contributed by atoms with Crippen LogP contribution in [0.4, 0.5) is 4.39 Å². The summed E-state index contributed by atoms with van der Waals surface area (Å²) >= 11 is 3.83. The van der Waals surface area contributed by atoms with Gasteiger partial charge in [-0.05, 0) is 84.3 Å². The highest BCUT2D eigenvalue weighted by molar-refractivity contribution is 9.10. The normalized spacial score (nSPS) is 18.6. The monoisotopic (exact) mass is 475 g/mol. The molecule has 2 aromatic carbocycles. The molecule has 0 fully saturated rings. The number of carbonyl (C=O) groups is 1. The quantitative estimate of drug-likeness (QED) is 0.662. The average Bonchev–Trinajstić information content (AvgIpc) is 2.94. The summed E-state index contributed by atoms with van der Waals surface area (Å²) in [6.45, 7) is 10.6. The summed E-state index contributed by atoms with van der Waals surface area (Å²) in [6.07, 6.45) is 2.61. The van der Waals surface area contributed by atoms with Gasteiger partial charge in [-0.15, -0.1) is 0 Å². The van der Waals surface area contributed by atoms with Crippen molar-refractivity contribution in [1.82, 2.24) is 0 Å². The van der Waals surface area contributed by atoms with Crippen LogP contribution in [0.1, 0.15) is 28.4 Å². The van der Waals surface area contributed by atoms with Crippen LogP contribution in [0.25, 0.3) is 17.2 Å². The zero-order valence-electron chi connectivity index (χ0n) is 16.7. The number of hydrogen-bond acceptors (Lipinski definition) is 2. The molecule has 0 atom stereocenters.